The van der Waals surface area contributed by atoms with E-state index in [4.69, 9.17) is 5.73 Å². The predicted molar refractivity (Wildman–Crippen MR) is 78.5 cm³/mol. The highest BCUT2D eigenvalue weighted by Gasteiger charge is 2.20. The molecule has 0 saturated carbocycles. The molecule has 1 fully saturated rings. The fourth-order valence-electron chi connectivity index (χ4n) is 2.55. The lowest BCUT2D eigenvalue weighted by Gasteiger charge is -2.28. The lowest BCUT2D eigenvalue weighted by atomic mass is 10.1. The van der Waals surface area contributed by atoms with Gasteiger partial charge in [0.2, 0.25) is 5.95 Å². The largest absolute Gasteiger partial charge is 0.339 e. The van der Waals surface area contributed by atoms with Crippen molar-refractivity contribution in [2.24, 2.45) is 5.73 Å². The molecule has 3 N–H and O–H groups in total. The molecule has 1 aliphatic heterocycles. The highest BCUT2D eigenvalue weighted by molar-refractivity contribution is 5.59. The highest BCUT2D eigenvalue weighted by atomic mass is 15.4. The number of H-pyrrole nitrogens is 1. The van der Waals surface area contributed by atoms with Crippen molar-refractivity contribution in [1.82, 2.24) is 20.2 Å². The van der Waals surface area contributed by atoms with E-state index < -0.39 is 0 Å². The maximum atomic E-state index is 5.92. The average molecular weight is 272 g/mol. The molecule has 1 saturated heterocycles. The Bertz CT molecular complexity index is 597. The molecular formula is C14H20N6. The zero-order valence-electron chi connectivity index (χ0n) is 11.9. The molecule has 0 spiro atoms. The molecule has 2 aromatic rings. The fourth-order valence-corrected chi connectivity index (χ4v) is 2.55. The van der Waals surface area contributed by atoms with Gasteiger partial charge in [-0.15, -0.1) is 5.10 Å². The van der Waals surface area contributed by atoms with Gasteiger partial charge in [-0.3, -0.25) is 10.1 Å². The second-order valence-corrected chi connectivity index (χ2v) is 5.39. The summed E-state index contributed by atoms with van der Waals surface area (Å²) in [6.45, 7) is 5.82. The van der Waals surface area contributed by atoms with Crippen LogP contribution < -0.4 is 10.6 Å². The molecule has 6 heteroatoms. The summed E-state index contributed by atoms with van der Waals surface area (Å²) in [4.78, 5) is 11.2. The summed E-state index contributed by atoms with van der Waals surface area (Å²) >= 11 is 0. The van der Waals surface area contributed by atoms with Crippen LogP contribution in [0.2, 0.25) is 0 Å². The zero-order chi connectivity index (χ0) is 14.1. The third kappa shape index (κ3) is 2.51. The van der Waals surface area contributed by atoms with E-state index in [1.807, 2.05) is 26.0 Å². The summed E-state index contributed by atoms with van der Waals surface area (Å²) in [7, 11) is 0. The fraction of sp³-hybridized carbons (Fsp3) is 0.500. The molecule has 1 aliphatic rings. The monoisotopic (exact) mass is 272 g/mol. The van der Waals surface area contributed by atoms with Crippen molar-refractivity contribution >= 4 is 5.95 Å². The van der Waals surface area contributed by atoms with Crippen molar-refractivity contribution < 1.29 is 0 Å². The molecule has 2 aromatic heterocycles. The SMILES string of the molecule is Cc1ccc(-c2nc(N3CCC(N)CC3)n[nH]2)c(C)n1. The van der Waals surface area contributed by atoms with Crippen LogP contribution in [-0.4, -0.2) is 39.3 Å². The Labute approximate surface area is 118 Å². The summed E-state index contributed by atoms with van der Waals surface area (Å²) in [5.41, 5.74) is 8.90. The first-order valence-corrected chi connectivity index (χ1v) is 7.01. The molecule has 0 unspecified atom stereocenters. The molecule has 0 radical (unpaired) electrons. The summed E-state index contributed by atoms with van der Waals surface area (Å²) in [5, 5.41) is 7.34. The second kappa shape index (κ2) is 5.20. The van der Waals surface area contributed by atoms with Crippen LogP contribution in [-0.2, 0) is 0 Å². The molecule has 3 rings (SSSR count). The molecule has 0 aromatic carbocycles. The van der Waals surface area contributed by atoms with Crippen LogP contribution in [0.3, 0.4) is 0 Å². The number of piperidine rings is 1. The minimum absolute atomic E-state index is 0.313. The van der Waals surface area contributed by atoms with Gasteiger partial charge in [-0.1, -0.05) is 0 Å². The molecular weight excluding hydrogens is 252 g/mol. The van der Waals surface area contributed by atoms with Gasteiger partial charge in [0.25, 0.3) is 0 Å². The maximum absolute atomic E-state index is 5.92. The lowest BCUT2D eigenvalue weighted by Crippen LogP contribution is -2.40. The number of pyridine rings is 1. The third-order valence-electron chi connectivity index (χ3n) is 3.78. The second-order valence-electron chi connectivity index (χ2n) is 5.39. The number of aryl methyl sites for hydroxylation is 2. The van der Waals surface area contributed by atoms with Gasteiger partial charge in [0.15, 0.2) is 5.82 Å². The number of nitrogens with two attached hydrogens (primary N) is 1. The Kier molecular flexibility index (Phi) is 3.40. The van der Waals surface area contributed by atoms with Crippen molar-refractivity contribution in [3.63, 3.8) is 0 Å². The van der Waals surface area contributed by atoms with Gasteiger partial charge in [0, 0.05) is 36.1 Å². The topological polar surface area (TPSA) is 83.7 Å². The van der Waals surface area contributed by atoms with Gasteiger partial charge in [0.1, 0.15) is 0 Å². The number of hydrogen-bond acceptors (Lipinski definition) is 5. The molecule has 0 atom stereocenters. The van der Waals surface area contributed by atoms with Crippen LogP contribution >= 0.6 is 0 Å². The Morgan fingerprint density at radius 2 is 1.95 bits per heavy atom. The van der Waals surface area contributed by atoms with Gasteiger partial charge in [0.05, 0.1) is 0 Å². The van der Waals surface area contributed by atoms with E-state index >= 15 is 0 Å². The first kappa shape index (κ1) is 13.1. The van der Waals surface area contributed by atoms with Crippen molar-refractivity contribution in [3.05, 3.63) is 23.5 Å². The van der Waals surface area contributed by atoms with Crippen LogP contribution in [0.5, 0.6) is 0 Å². The normalized spacial score (nSPS) is 16.6. The Hall–Kier alpha value is -1.95. The molecule has 106 valence electrons. The summed E-state index contributed by atoms with van der Waals surface area (Å²) in [6.07, 6.45) is 1.99. The predicted octanol–water partition coefficient (Wildman–Crippen LogP) is 1.41. The van der Waals surface area contributed by atoms with Crippen LogP contribution in [0.4, 0.5) is 5.95 Å². The first-order chi connectivity index (χ1) is 9.63. The highest BCUT2D eigenvalue weighted by Crippen LogP contribution is 2.22. The van der Waals surface area contributed by atoms with E-state index in [-0.39, 0.29) is 0 Å². The number of aromatic amines is 1. The van der Waals surface area contributed by atoms with Gasteiger partial charge in [-0.25, -0.2) is 0 Å². The van der Waals surface area contributed by atoms with E-state index in [2.05, 4.69) is 25.1 Å². The van der Waals surface area contributed by atoms with Gasteiger partial charge < -0.3 is 10.6 Å². The van der Waals surface area contributed by atoms with Gasteiger partial charge in [-0.2, -0.15) is 4.98 Å². The van der Waals surface area contributed by atoms with Crippen molar-refractivity contribution in [3.8, 4) is 11.4 Å². The molecule has 0 bridgehead atoms. The minimum atomic E-state index is 0.313. The number of nitrogens with zero attached hydrogens (tertiary/aromatic N) is 4. The summed E-state index contributed by atoms with van der Waals surface area (Å²) in [5.74, 6) is 1.53. The first-order valence-electron chi connectivity index (χ1n) is 7.01. The van der Waals surface area contributed by atoms with E-state index in [1.165, 1.54) is 0 Å². The standard InChI is InChI=1S/C14H20N6/c1-9-3-4-12(10(2)16-9)13-17-14(19-18-13)20-7-5-11(15)6-8-20/h3-4,11H,5-8,15H2,1-2H3,(H,17,18,19). The molecule has 6 nitrogen and oxygen atoms in total. The average Bonchev–Trinajstić information content (AvgIpc) is 2.89. The Balaban J connectivity index is 1.83. The van der Waals surface area contributed by atoms with Crippen LogP contribution in [0.15, 0.2) is 12.1 Å². The van der Waals surface area contributed by atoms with Crippen LogP contribution in [0, 0.1) is 13.8 Å². The van der Waals surface area contributed by atoms with Crippen LogP contribution in [0.25, 0.3) is 11.4 Å². The molecule has 3 heterocycles. The molecule has 0 aliphatic carbocycles. The third-order valence-corrected chi connectivity index (χ3v) is 3.78. The van der Waals surface area contributed by atoms with Crippen molar-refractivity contribution in [2.75, 3.05) is 18.0 Å². The van der Waals surface area contributed by atoms with E-state index in [0.29, 0.717) is 6.04 Å². The Morgan fingerprint density at radius 3 is 2.65 bits per heavy atom. The van der Waals surface area contributed by atoms with Crippen molar-refractivity contribution in [1.29, 1.82) is 0 Å². The number of nitrogens with one attached hydrogen (secondary N) is 1. The quantitative estimate of drug-likeness (QED) is 0.863. The van der Waals surface area contributed by atoms with Crippen molar-refractivity contribution in [2.45, 2.75) is 32.7 Å². The lowest BCUT2D eigenvalue weighted by molar-refractivity contribution is 0.496. The van der Waals surface area contributed by atoms with Crippen LogP contribution in [0.1, 0.15) is 24.2 Å². The number of rotatable bonds is 2. The van der Waals surface area contributed by atoms with E-state index in [0.717, 1.165) is 54.7 Å². The maximum Gasteiger partial charge on any atom is 0.245 e. The zero-order valence-corrected chi connectivity index (χ0v) is 11.9. The number of anilines is 1. The summed E-state index contributed by atoms with van der Waals surface area (Å²) < 4.78 is 0. The number of aromatic nitrogens is 4. The molecule has 0 amide bonds. The minimum Gasteiger partial charge on any atom is -0.339 e. The van der Waals surface area contributed by atoms with E-state index in [9.17, 15) is 0 Å². The van der Waals surface area contributed by atoms with Gasteiger partial charge >= 0.3 is 0 Å². The summed E-state index contributed by atoms with van der Waals surface area (Å²) in [6, 6.07) is 4.34. The number of hydrogen-bond donors (Lipinski definition) is 2. The Morgan fingerprint density at radius 1 is 1.20 bits per heavy atom. The van der Waals surface area contributed by atoms with Gasteiger partial charge in [-0.05, 0) is 38.8 Å². The molecule has 20 heavy (non-hydrogen) atoms. The smallest absolute Gasteiger partial charge is 0.245 e. The van der Waals surface area contributed by atoms with E-state index in [1.54, 1.807) is 0 Å².